The fourth-order valence-electron chi connectivity index (χ4n) is 3.89. The van der Waals surface area contributed by atoms with Crippen molar-refractivity contribution in [3.63, 3.8) is 0 Å². The maximum atomic E-state index is 13.0. The Bertz CT molecular complexity index is 861. The van der Waals surface area contributed by atoms with Gasteiger partial charge in [-0.15, -0.1) is 5.92 Å². The van der Waals surface area contributed by atoms with Crippen LogP contribution >= 0.6 is 0 Å². The second-order valence-electron chi connectivity index (χ2n) is 6.12. The fourth-order valence-corrected chi connectivity index (χ4v) is 3.89. The molecule has 0 fully saturated rings. The average Bonchev–Trinajstić information content (AvgIpc) is 2.96. The molecule has 0 saturated heterocycles. The Labute approximate surface area is 135 Å². The largest absolute Gasteiger partial charge is 0.395 e. The molecule has 0 bridgehead atoms. The lowest BCUT2D eigenvalue weighted by Crippen LogP contribution is -2.40. The summed E-state index contributed by atoms with van der Waals surface area (Å²) in [6.45, 7) is 2.15. The van der Waals surface area contributed by atoms with Crippen LogP contribution in [-0.2, 0) is 5.54 Å². The lowest BCUT2D eigenvalue weighted by Gasteiger charge is -2.32. The predicted molar refractivity (Wildman–Crippen MR) is 89.3 cm³/mol. The molecule has 2 atom stereocenters. The summed E-state index contributed by atoms with van der Waals surface area (Å²) in [6.07, 6.45) is 0.449. The van der Waals surface area contributed by atoms with Crippen LogP contribution in [0.5, 0.6) is 0 Å². The van der Waals surface area contributed by atoms with Crippen LogP contribution in [0, 0.1) is 11.8 Å². The Kier molecular flexibility index (Phi) is 3.04. The third-order valence-corrected chi connectivity index (χ3v) is 4.90. The number of fused-ring (bicyclic) bond motifs is 5. The smallest absolute Gasteiger partial charge is 0.259 e. The van der Waals surface area contributed by atoms with Crippen molar-refractivity contribution in [1.82, 2.24) is 0 Å². The van der Waals surface area contributed by atoms with Gasteiger partial charge in [-0.05, 0) is 30.2 Å². The number of rotatable bonds is 1. The first-order valence-corrected chi connectivity index (χ1v) is 7.82. The molecule has 114 valence electrons. The number of carbonyl (C=O) groups excluding carboxylic acids is 1. The zero-order chi connectivity index (χ0) is 16.0. The molecule has 0 spiro atoms. The number of carbonyl (C=O) groups is 1. The lowest BCUT2D eigenvalue weighted by molar-refractivity contribution is 0.0982. The monoisotopic (exact) mass is 303 g/mol. The quantitative estimate of drug-likeness (QED) is 0.823. The molecule has 2 aromatic carbocycles. The highest BCUT2D eigenvalue weighted by atomic mass is 16.2. The van der Waals surface area contributed by atoms with E-state index in [0.29, 0.717) is 6.42 Å². The maximum absolute atomic E-state index is 13.0. The van der Waals surface area contributed by atoms with E-state index >= 15 is 0 Å². The van der Waals surface area contributed by atoms with Crippen molar-refractivity contribution in [3.8, 4) is 11.8 Å². The summed E-state index contributed by atoms with van der Waals surface area (Å²) in [4.78, 5) is 14.9. The van der Waals surface area contributed by atoms with E-state index in [0.717, 1.165) is 22.4 Å². The van der Waals surface area contributed by atoms with E-state index < -0.39 is 5.54 Å². The maximum Gasteiger partial charge on any atom is 0.259 e. The normalized spacial score (nSPS) is 23.8. The van der Waals surface area contributed by atoms with Gasteiger partial charge >= 0.3 is 0 Å². The zero-order valence-electron chi connectivity index (χ0n) is 12.9. The summed E-state index contributed by atoms with van der Waals surface area (Å²) in [5, 5.41) is 9.02. The van der Waals surface area contributed by atoms with E-state index in [1.165, 1.54) is 0 Å². The number of para-hydroxylation sites is 1. The van der Waals surface area contributed by atoms with Crippen molar-refractivity contribution >= 4 is 11.6 Å². The van der Waals surface area contributed by atoms with Crippen LogP contribution in [0.4, 0.5) is 5.69 Å². The first kappa shape index (κ1) is 14.0. The Hall–Kier alpha value is -2.57. The summed E-state index contributed by atoms with van der Waals surface area (Å²) < 4.78 is 0. The van der Waals surface area contributed by atoms with Crippen molar-refractivity contribution in [1.29, 1.82) is 0 Å². The number of benzene rings is 2. The molecule has 23 heavy (non-hydrogen) atoms. The van der Waals surface area contributed by atoms with Crippen LogP contribution < -0.4 is 4.90 Å². The van der Waals surface area contributed by atoms with Crippen LogP contribution in [0.2, 0.25) is 0 Å². The molecule has 0 radical (unpaired) electrons. The van der Waals surface area contributed by atoms with Gasteiger partial charge in [-0.1, -0.05) is 42.3 Å². The number of amides is 1. The van der Waals surface area contributed by atoms with E-state index in [4.69, 9.17) is 5.11 Å². The molecule has 0 unspecified atom stereocenters. The van der Waals surface area contributed by atoms with Crippen LogP contribution in [0.25, 0.3) is 0 Å². The molecule has 0 saturated carbocycles. The molecule has 0 aromatic heterocycles. The Balaban J connectivity index is 1.96. The van der Waals surface area contributed by atoms with E-state index in [1.807, 2.05) is 53.4 Å². The zero-order valence-corrected chi connectivity index (χ0v) is 12.9. The van der Waals surface area contributed by atoms with Crippen molar-refractivity contribution in [2.24, 2.45) is 0 Å². The van der Waals surface area contributed by atoms with Crippen molar-refractivity contribution in [2.75, 3.05) is 11.5 Å². The highest BCUT2D eigenvalue weighted by molar-refractivity contribution is 6.14. The molecule has 3 heteroatoms. The van der Waals surface area contributed by atoms with Crippen LogP contribution in [0.3, 0.4) is 0 Å². The van der Waals surface area contributed by atoms with E-state index in [1.54, 1.807) is 0 Å². The SMILES string of the molecule is C[C@@]12c3ccccc3C(=O)N1c1ccccc1[C@@H]2C#CCCO. The van der Waals surface area contributed by atoms with Gasteiger partial charge in [0.2, 0.25) is 0 Å². The first-order valence-electron chi connectivity index (χ1n) is 7.82. The highest BCUT2D eigenvalue weighted by Crippen LogP contribution is 2.57. The second-order valence-corrected chi connectivity index (χ2v) is 6.12. The van der Waals surface area contributed by atoms with Gasteiger partial charge in [0.15, 0.2) is 0 Å². The number of nitrogens with zero attached hydrogens (tertiary/aromatic N) is 1. The summed E-state index contributed by atoms with van der Waals surface area (Å²) in [7, 11) is 0. The molecule has 2 aliphatic heterocycles. The molecule has 1 amide bonds. The topological polar surface area (TPSA) is 40.5 Å². The minimum absolute atomic E-state index is 0.0435. The Morgan fingerprint density at radius 1 is 1.17 bits per heavy atom. The summed E-state index contributed by atoms with van der Waals surface area (Å²) >= 11 is 0. The van der Waals surface area contributed by atoms with Gasteiger partial charge < -0.3 is 5.11 Å². The molecule has 2 aromatic rings. The summed E-state index contributed by atoms with van der Waals surface area (Å²) in [5.41, 5.74) is 3.34. The van der Waals surface area contributed by atoms with Gasteiger partial charge in [-0.25, -0.2) is 0 Å². The predicted octanol–water partition coefficient (Wildman–Crippen LogP) is 3.05. The third-order valence-electron chi connectivity index (χ3n) is 4.90. The highest BCUT2D eigenvalue weighted by Gasteiger charge is 2.56. The fraction of sp³-hybridized carbons (Fsp3) is 0.250. The molecule has 3 nitrogen and oxygen atoms in total. The number of aliphatic hydroxyl groups is 1. The summed E-state index contributed by atoms with van der Waals surface area (Å²) in [6, 6.07) is 15.8. The van der Waals surface area contributed by atoms with E-state index in [2.05, 4.69) is 18.8 Å². The lowest BCUT2D eigenvalue weighted by atomic mass is 9.79. The molecular formula is C20H17NO2. The molecule has 2 heterocycles. The minimum atomic E-state index is -0.486. The molecule has 2 aliphatic rings. The first-order chi connectivity index (χ1) is 11.2. The van der Waals surface area contributed by atoms with Gasteiger partial charge in [0.05, 0.1) is 18.1 Å². The van der Waals surface area contributed by atoms with Crippen LogP contribution in [-0.4, -0.2) is 17.6 Å². The standard InChI is InChI=1S/C20H17NO2/c1-20-16(11-6-7-13-22)14-8-3-5-12-18(14)21(20)19(23)15-9-2-4-10-17(15)20/h2-5,8-10,12,16,22H,7,13H2,1H3/t16-,20+/m0/s1. The van der Waals surface area contributed by atoms with Crippen molar-refractivity contribution < 1.29 is 9.90 Å². The van der Waals surface area contributed by atoms with E-state index in [9.17, 15) is 4.79 Å². The third kappa shape index (κ3) is 1.73. The summed E-state index contributed by atoms with van der Waals surface area (Å²) in [5.74, 6) is 6.33. The van der Waals surface area contributed by atoms with Crippen molar-refractivity contribution in [3.05, 3.63) is 65.2 Å². The molecule has 1 N–H and O–H groups in total. The average molecular weight is 303 g/mol. The van der Waals surface area contributed by atoms with Crippen LogP contribution in [0.1, 0.15) is 40.7 Å². The number of anilines is 1. The van der Waals surface area contributed by atoms with Gasteiger partial charge in [0.1, 0.15) is 0 Å². The van der Waals surface area contributed by atoms with Crippen LogP contribution in [0.15, 0.2) is 48.5 Å². The van der Waals surface area contributed by atoms with Crippen molar-refractivity contribution in [2.45, 2.75) is 24.8 Å². The molecule has 0 aliphatic carbocycles. The molecule has 4 rings (SSSR count). The number of aliphatic hydroxyl groups excluding tert-OH is 1. The van der Waals surface area contributed by atoms with Gasteiger partial charge in [-0.2, -0.15) is 0 Å². The number of hydrogen-bond acceptors (Lipinski definition) is 2. The second kappa shape index (κ2) is 4.97. The molecular weight excluding hydrogens is 286 g/mol. The number of hydrogen-bond donors (Lipinski definition) is 1. The minimum Gasteiger partial charge on any atom is -0.395 e. The van der Waals surface area contributed by atoms with E-state index in [-0.39, 0.29) is 18.4 Å². The van der Waals surface area contributed by atoms with Gasteiger partial charge in [0.25, 0.3) is 5.91 Å². The van der Waals surface area contributed by atoms with Gasteiger partial charge in [0, 0.05) is 17.7 Å². The van der Waals surface area contributed by atoms with Gasteiger partial charge in [-0.3, -0.25) is 9.69 Å². The Morgan fingerprint density at radius 3 is 2.74 bits per heavy atom. The Morgan fingerprint density at radius 2 is 1.91 bits per heavy atom.